The van der Waals surface area contributed by atoms with Crippen LogP contribution in [0.2, 0.25) is 5.02 Å². The molecule has 2 rings (SSSR count). The molecule has 0 amide bonds. The molecule has 1 heterocycles. The number of nitrogens with zero attached hydrogens (tertiary/aromatic N) is 1. The van der Waals surface area contributed by atoms with Crippen molar-refractivity contribution in [3.63, 3.8) is 0 Å². The van der Waals surface area contributed by atoms with Gasteiger partial charge in [0.05, 0.1) is 9.92 Å². The van der Waals surface area contributed by atoms with Gasteiger partial charge in [-0.1, -0.05) is 11.6 Å². The topological polar surface area (TPSA) is 59.1 Å². The summed E-state index contributed by atoms with van der Waals surface area (Å²) in [6.45, 7) is 0.326. The summed E-state index contributed by atoms with van der Waals surface area (Å²) in [6, 6.07) is 8.21. The smallest absolute Gasteiger partial charge is 0.240 e. The minimum absolute atomic E-state index is 0.184. The Kier molecular flexibility index (Phi) is 5.15. The van der Waals surface area contributed by atoms with Crippen molar-refractivity contribution >= 4 is 37.6 Å². The standard InChI is InChI=1S/C13H12BrClN2O2S/c14-12-9-11(1-2-13(12)15)20(18,19)17-8-5-10-3-6-16-7-4-10/h1-4,6-7,9,17H,5,8H2. The highest BCUT2D eigenvalue weighted by Gasteiger charge is 2.14. The molecule has 0 radical (unpaired) electrons. The summed E-state index contributed by atoms with van der Waals surface area (Å²) in [6.07, 6.45) is 3.97. The molecule has 1 aromatic heterocycles. The van der Waals surface area contributed by atoms with Crippen LogP contribution in [0.1, 0.15) is 5.56 Å². The van der Waals surface area contributed by atoms with Crippen LogP contribution in [0.5, 0.6) is 0 Å². The maximum atomic E-state index is 12.1. The third-order valence-electron chi connectivity index (χ3n) is 2.66. The Morgan fingerprint density at radius 1 is 1.20 bits per heavy atom. The third kappa shape index (κ3) is 4.02. The number of sulfonamides is 1. The van der Waals surface area contributed by atoms with Crippen LogP contribution in [0.15, 0.2) is 52.1 Å². The molecule has 1 aromatic carbocycles. The van der Waals surface area contributed by atoms with E-state index in [4.69, 9.17) is 11.6 Å². The molecular weight excluding hydrogens is 364 g/mol. The van der Waals surface area contributed by atoms with Gasteiger partial charge in [0, 0.05) is 23.4 Å². The van der Waals surface area contributed by atoms with Gasteiger partial charge in [-0.2, -0.15) is 0 Å². The van der Waals surface area contributed by atoms with E-state index in [0.29, 0.717) is 22.5 Å². The molecule has 0 saturated heterocycles. The van der Waals surface area contributed by atoms with Crippen LogP contribution in [-0.4, -0.2) is 19.9 Å². The summed E-state index contributed by atoms with van der Waals surface area (Å²) in [5, 5.41) is 0.473. The van der Waals surface area contributed by atoms with Gasteiger partial charge in [0.2, 0.25) is 10.0 Å². The van der Waals surface area contributed by atoms with Crippen molar-refractivity contribution in [2.75, 3.05) is 6.54 Å². The molecule has 0 unspecified atom stereocenters. The molecule has 106 valence electrons. The summed E-state index contributed by atoms with van der Waals surface area (Å²) in [5.74, 6) is 0. The SMILES string of the molecule is O=S(=O)(NCCc1ccncc1)c1ccc(Cl)c(Br)c1. The number of benzene rings is 1. The van der Waals surface area contributed by atoms with Crippen molar-refractivity contribution in [1.82, 2.24) is 9.71 Å². The Balaban J connectivity index is 2.02. The molecule has 4 nitrogen and oxygen atoms in total. The van der Waals surface area contributed by atoms with E-state index >= 15 is 0 Å². The first-order chi connectivity index (χ1) is 9.49. The van der Waals surface area contributed by atoms with Gasteiger partial charge < -0.3 is 0 Å². The number of pyridine rings is 1. The van der Waals surface area contributed by atoms with Gasteiger partial charge >= 0.3 is 0 Å². The highest BCUT2D eigenvalue weighted by molar-refractivity contribution is 9.10. The number of nitrogens with one attached hydrogen (secondary N) is 1. The minimum atomic E-state index is -3.52. The lowest BCUT2D eigenvalue weighted by Crippen LogP contribution is -2.26. The molecular formula is C13H12BrClN2O2S. The maximum Gasteiger partial charge on any atom is 0.240 e. The van der Waals surface area contributed by atoms with Gasteiger partial charge in [0.15, 0.2) is 0 Å². The number of hydrogen-bond acceptors (Lipinski definition) is 3. The summed E-state index contributed by atoms with van der Waals surface area (Å²) >= 11 is 9.06. The van der Waals surface area contributed by atoms with Crippen LogP contribution in [0.4, 0.5) is 0 Å². The second-order valence-electron chi connectivity index (χ2n) is 4.08. The fourth-order valence-corrected chi connectivity index (χ4v) is 3.31. The van der Waals surface area contributed by atoms with E-state index < -0.39 is 10.0 Å². The monoisotopic (exact) mass is 374 g/mol. The zero-order chi connectivity index (χ0) is 14.6. The van der Waals surface area contributed by atoms with Crippen molar-refractivity contribution in [2.24, 2.45) is 0 Å². The van der Waals surface area contributed by atoms with E-state index in [1.807, 2.05) is 12.1 Å². The number of halogens is 2. The zero-order valence-corrected chi connectivity index (χ0v) is 13.5. The lowest BCUT2D eigenvalue weighted by molar-refractivity contribution is 0.581. The molecule has 7 heteroatoms. The summed E-state index contributed by atoms with van der Waals surface area (Å²) < 4.78 is 27.3. The van der Waals surface area contributed by atoms with Gasteiger partial charge in [0.25, 0.3) is 0 Å². The van der Waals surface area contributed by atoms with Gasteiger partial charge in [-0.3, -0.25) is 4.98 Å². The van der Waals surface area contributed by atoms with Crippen LogP contribution in [0, 0.1) is 0 Å². The molecule has 0 saturated carbocycles. The highest BCUT2D eigenvalue weighted by Crippen LogP contribution is 2.25. The van der Waals surface area contributed by atoms with E-state index in [2.05, 4.69) is 25.6 Å². The van der Waals surface area contributed by atoms with E-state index in [1.54, 1.807) is 18.5 Å². The van der Waals surface area contributed by atoms with Gasteiger partial charge in [-0.05, 0) is 58.2 Å². The average molecular weight is 376 g/mol. The molecule has 2 aromatic rings. The lowest BCUT2D eigenvalue weighted by atomic mass is 10.2. The second-order valence-corrected chi connectivity index (χ2v) is 7.11. The van der Waals surface area contributed by atoms with Crippen molar-refractivity contribution in [3.05, 3.63) is 57.8 Å². The average Bonchev–Trinajstić information content (AvgIpc) is 2.43. The van der Waals surface area contributed by atoms with Crippen LogP contribution >= 0.6 is 27.5 Å². The van der Waals surface area contributed by atoms with Gasteiger partial charge in [-0.25, -0.2) is 13.1 Å². The zero-order valence-electron chi connectivity index (χ0n) is 10.4. The molecule has 0 bridgehead atoms. The lowest BCUT2D eigenvalue weighted by Gasteiger charge is -2.07. The molecule has 0 aliphatic heterocycles. The maximum absolute atomic E-state index is 12.1. The van der Waals surface area contributed by atoms with E-state index in [0.717, 1.165) is 5.56 Å². The van der Waals surface area contributed by atoms with Crippen LogP contribution < -0.4 is 4.72 Å². The summed E-state index contributed by atoms with van der Waals surface area (Å²) in [4.78, 5) is 4.10. The van der Waals surface area contributed by atoms with Gasteiger partial charge in [-0.15, -0.1) is 0 Å². The second kappa shape index (κ2) is 6.67. The Morgan fingerprint density at radius 2 is 1.90 bits per heavy atom. The molecule has 0 aliphatic carbocycles. The summed E-state index contributed by atoms with van der Waals surface area (Å²) in [7, 11) is -3.52. The van der Waals surface area contributed by atoms with Crippen molar-refractivity contribution in [3.8, 4) is 0 Å². The normalized spacial score (nSPS) is 11.5. The largest absolute Gasteiger partial charge is 0.265 e. The van der Waals surface area contributed by atoms with Gasteiger partial charge in [0.1, 0.15) is 0 Å². The minimum Gasteiger partial charge on any atom is -0.265 e. The first kappa shape index (κ1) is 15.4. The van der Waals surface area contributed by atoms with Crippen molar-refractivity contribution in [2.45, 2.75) is 11.3 Å². The quantitative estimate of drug-likeness (QED) is 0.874. The Labute approximate surface area is 131 Å². The van der Waals surface area contributed by atoms with E-state index in [9.17, 15) is 8.42 Å². The van der Waals surface area contributed by atoms with Crippen molar-refractivity contribution < 1.29 is 8.42 Å². The predicted molar refractivity (Wildman–Crippen MR) is 82.3 cm³/mol. The molecule has 0 aliphatic rings. The highest BCUT2D eigenvalue weighted by atomic mass is 79.9. The molecule has 0 atom stereocenters. The van der Waals surface area contributed by atoms with Crippen molar-refractivity contribution in [1.29, 1.82) is 0 Å². The van der Waals surface area contributed by atoms with Crippen LogP contribution in [-0.2, 0) is 16.4 Å². The predicted octanol–water partition coefficient (Wildman–Crippen LogP) is 3.02. The number of hydrogen-bond donors (Lipinski definition) is 1. The fourth-order valence-electron chi connectivity index (χ4n) is 1.61. The number of rotatable bonds is 5. The van der Waals surface area contributed by atoms with Crippen LogP contribution in [0.3, 0.4) is 0 Å². The summed E-state index contributed by atoms with van der Waals surface area (Å²) in [5.41, 5.74) is 1.03. The molecule has 0 spiro atoms. The molecule has 20 heavy (non-hydrogen) atoms. The fraction of sp³-hybridized carbons (Fsp3) is 0.154. The molecule has 0 fully saturated rings. The number of aromatic nitrogens is 1. The van der Waals surface area contributed by atoms with E-state index in [1.165, 1.54) is 12.1 Å². The van der Waals surface area contributed by atoms with Crippen LogP contribution in [0.25, 0.3) is 0 Å². The van der Waals surface area contributed by atoms with E-state index in [-0.39, 0.29) is 4.90 Å². The first-order valence-corrected chi connectivity index (χ1v) is 8.48. The molecule has 1 N–H and O–H groups in total. The Bertz CT molecular complexity index is 693. The third-order valence-corrected chi connectivity index (χ3v) is 5.33. The Hall–Kier alpha value is -0.950. The Morgan fingerprint density at radius 3 is 2.55 bits per heavy atom. The first-order valence-electron chi connectivity index (χ1n) is 5.83.